The zero-order valence-electron chi connectivity index (χ0n) is 11.0. The van der Waals surface area contributed by atoms with Crippen molar-refractivity contribution in [3.63, 3.8) is 0 Å². The van der Waals surface area contributed by atoms with Crippen molar-refractivity contribution in [2.45, 2.75) is 37.2 Å². The standard InChI is InChI=1S/C12H17NO5S/c1-4-10(8(2)14)11-6-5-9(19(3,17)18)7-12(11)13(15)16/h5-8,10,14H,4H2,1-3H3. The molecule has 2 unspecified atom stereocenters. The van der Waals surface area contributed by atoms with E-state index in [2.05, 4.69) is 0 Å². The number of hydrogen-bond acceptors (Lipinski definition) is 5. The Kier molecular flexibility index (Phi) is 4.65. The second kappa shape index (κ2) is 5.66. The highest BCUT2D eigenvalue weighted by Gasteiger charge is 2.26. The molecule has 1 rings (SSSR count). The number of nitro benzene ring substituents is 1. The predicted octanol–water partition coefficient (Wildman–Crippen LogP) is 1.87. The lowest BCUT2D eigenvalue weighted by Crippen LogP contribution is -2.15. The van der Waals surface area contributed by atoms with E-state index < -0.39 is 26.8 Å². The molecular formula is C12H17NO5S. The average molecular weight is 287 g/mol. The Bertz CT molecular complexity index is 580. The second-order valence-corrected chi connectivity index (χ2v) is 6.52. The van der Waals surface area contributed by atoms with Crippen molar-refractivity contribution in [1.29, 1.82) is 0 Å². The smallest absolute Gasteiger partial charge is 0.274 e. The molecule has 7 heteroatoms. The molecule has 0 aromatic heterocycles. The fourth-order valence-corrected chi connectivity index (χ4v) is 2.69. The van der Waals surface area contributed by atoms with E-state index >= 15 is 0 Å². The Morgan fingerprint density at radius 3 is 2.37 bits per heavy atom. The first-order valence-electron chi connectivity index (χ1n) is 5.85. The minimum atomic E-state index is -3.50. The number of nitrogens with zero attached hydrogens (tertiary/aromatic N) is 1. The van der Waals surface area contributed by atoms with Crippen LogP contribution in [0.15, 0.2) is 23.1 Å². The number of rotatable bonds is 5. The highest BCUT2D eigenvalue weighted by Crippen LogP contribution is 2.33. The van der Waals surface area contributed by atoms with E-state index in [1.165, 1.54) is 12.1 Å². The number of sulfone groups is 1. The molecule has 6 nitrogen and oxygen atoms in total. The van der Waals surface area contributed by atoms with E-state index in [-0.39, 0.29) is 10.6 Å². The van der Waals surface area contributed by atoms with Crippen molar-refractivity contribution < 1.29 is 18.4 Å². The summed E-state index contributed by atoms with van der Waals surface area (Å²) in [6, 6.07) is 3.80. The third-order valence-corrected chi connectivity index (χ3v) is 4.16. The van der Waals surface area contributed by atoms with Gasteiger partial charge < -0.3 is 5.11 Å². The number of hydrogen-bond donors (Lipinski definition) is 1. The quantitative estimate of drug-likeness (QED) is 0.658. The normalized spacial score (nSPS) is 14.9. The summed E-state index contributed by atoms with van der Waals surface area (Å²) < 4.78 is 22.8. The number of benzene rings is 1. The van der Waals surface area contributed by atoms with Crippen LogP contribution in [0.3, 0.4) is 0 Å². The van der Waals surface area contributed by atoms with Gasteiger partial charge in [-0.05, 0) is 19.4 Å². The number of nitro groups is 1. The maximum atomic E-state index is 11.4. The van der Waals surface area contributed by atoms with Crippen LogP contribution in [0, 0.1) is 10.1 Å². The van der Waals surface area contributed by atoms with Gasteiger partial charge in [-0.1, -0.05) is 13.0 Å². The van der Waals surface area contributed by atoms with E-state index in [9.17, 15) is 23.6 Å². The van der Waals surface area contributed by atoms with Crippen molar-refractivity contribution in [3.8, 4) is 0 Å². The first kappa shape index (κ1) is 15.6. The van der Waals surface area contributed by atoms with Crippen molar-refractivity contribution in [2.24, 2.45) is 0 Å². The van der Waals surface area contributed by atoms with Gasteiger partial charge in [-0.25, -0.2) is 8.42 Å². The minimum Gasteiger partial charge on any atom is -0.393 e. The number of aliphatic hydroxyl groups excluding tert-OH is 1. The molecule has 106 valence electrons. The van der Waals surface area contributed by atoms with Gasteiger partial charge in [-0.2, -0.15) is 0 Å². The first-order valence-corrected chi connectivity index (χ1v) is 7.74. The summed E-state index contributed by atoms with van der Waals surface area (Å²) in [6.07, 6.45) is 0.779. The summed E-state index contributed by atoms with van der Waals surface area (Å²) in [4.78, 5) is 10.4. The molecule has 0 saturated heterocycles. The zero-order chi connectivity index (χ0) is 14.8. The molecule has 0 heterocycles. The predicted molar refractivity (Wildman–Crippen MR) is 70.9 cm³/mol. The third-order valence-electron chi connectivity index (χ3n) is 3.05. The fraction of sp³-hybridized carbons (Fsp3) is 0.500. The van der Waals surface area contributed by atoms with Crippen molar-refractivity contribution in [3.05, 3.63) is 33.9 Å². The first-order chi connectivity index (χ1) is 8.68. The van der Waals surface area contributed by atoms with Gasteiger partial charge in [0.2, 0.25) is 0 Å². The summed E-state index contributed by atoms with van der Waals surface area (Å²) in [6.45, 7) is 3.37. The molecule has 0 fully saturated rings. The van der Waals surface area contributed by atoms with Gasteiger partial charge in [-0.3, -0.25) is 10.1 Å². The molecule has 1 N–H and O–H groups in total. The van der Waals surface area contributed by atoms with Gasteiger partial charge in [0.25, 0.3) is 5.69 Å². The Morgan fingerprint density at radius 1 is 1.42 bits per heavy atom. The van der Waals surface area contributed by atoms with Crippen LogP contribution in [0.1, 0.15) is 31.7 Å². The minimum absolute atomic E-state index is 0.0941. The lowest BCUT2D eigenvalue weighted by atomic mass is 9.90. The van der Waals surface area contributed by atoms with Gasteiger partial charge in [0.15, 0.2) is 9.84 Å². The van der Waals surface area contributed by atoms with Gasteiger partial charge in [0.05, 0.1) is 15.9 Å². The van der Waals surface area contributed by atoms with Crippen molar-refractivity contribution in [2.75, 3.05) is 6.26 Å². The molecule has 0 aliphatic carbocycles. The Morgan fingerprint density at radius 2 is 2.00 bits per heavy atom. The highest BCUT2D eigenvalue weighted by atomic mass is 32.2. The molecule has 1 aromatic rings. The lowest BCUT2D eigenvalue weighted by molar-refractivity contribution is -0.386. The molecule has 19 heavy (non-hydrogen) atoms. The maximum Gasteiger partial charge on any atom is 0.274 e. The van der Waals surface area contributed by atoms with Crippen LogP contribution in [0.5, 0.6) is 0 Å². The van der Waals surface area contributed by atoms with Crippen LogP contribution in [-0.4, -0.2) is 30.8 Å². The van der Waals surface area contributed by atoms with Crippen LogP contribution in [0.4, 0.5) is 5.69 Å². The van der Waals surface area contributed by atoms with Gasteiger partial charge in [0.1, 0.15) is 0 Å². The van der Waals surface area contributed by atoms with Crippen molar-refractivity contribution in [1.82, 2.24) is 0 Å². The number of aliphatic hydroxyl groups is 1. The van der Waals surface area contributed by atoms with Crippen LogP contribution in [0.2, 0.25) is 0 Å². The molecule has 0 saturated carbocycles. The summed E-state index contributed by atoms with van der Waals surface area (Å²) in [5.41, 5.74) is 0.0885. The highest BCUT2D eigenvalue weighted by molar-refractivity contribution is 7.90. The van der Waals surface area contributed by atoms with E-state index in [4.69, 9.17) is 0 Å². The van der Waals surface area contributed by atoms with E-state index in [1.807, 2.05) is 6.92 Å². The average Bonchev–Trinajstić information content (AvgIpc) is 2.28. The molecule has 0 bridgehead atoms. The largest absolute Gasteiger partial charge is 0.393 e. The zero-order valence-corrected chi connectivity index (χ0v) is 11.8. The Hall–Kier alpha value is -1.47. The molecule has 0 radical (unpaired) electrons. The van der Waals surface area contributed by atoms with Crippen LogP contribution in [0.25, 0.3) is 0 Å². The monoisotopic (exact) mass is 287 g/mol. The van der Waals surface area contributed by atoms with Gasteiger partial charge in [0, 0.05) is 23.8 Å². The van der Waals surface area contributed by atoms with Gasteiger partial charge >= 0.3 is 0 Å². The molecule has 0 amide bonds. The molecule has 0 aliphatic rings. The fourth-order valence-electron chi connectivity index (χ4n) is 2.05. The molecular weight excluding hydrogens is 270 g/mol. The summed E-state index contributed by atoms with van der Waals surface area (Å²) in [5.74, 6) is -0.394. The topological polar surface area (TPSA) is 97.5 Å². The molecule has 1 aromatic carbocycles. The molecule has 0 aliphatic heterocycles. The lowest BCUT2D eigenvalue weighted by Gasteiger charge is -2.18. The third kappa shape index (κ3) is 3.51. The Balaban J connectivity index is 3.46. The van der Waals surface area contributed by atoms with Crippen LogP contribution >= 0.6 is 0 Å². The second-order valence-electron chi connectivity index (χ2n) is 4.51. The SMILES string of the molecule is CCC(c1ccc(S(C)(=O)=O)cc1[N+](=O)[O-])C(C)O. The maximum absolute atomic E-state index is 11.4. The van der Waals surface area contributed by atoms with Crippen LogP contribution < -0.4 is 0 Å². The van der Waals surface area contributed by atoms with E-state index in [0.29, 0.717) is 12.0 Å². The summed E-state index contributed by atoms with van der Waals surface area (Å²) in [7, 11) is -3.50. The Labute approximate surface area is 112 Å². The van der Waals surface area contributed by atoms with E-state index in [0.717, 1.165) is 12.3 Å². The van der Waals surface area contributed by atoms with Crippen molar-refractivity contribution >= 4 is 15.5 Å². The van der Waals surface area contributed by atoms with Crippen LogP contribution in [-0.2, 0) is 9.84 Å². The molecule has 0 spiro atoms. The summed E-state index contributed by atoms with van der Waals surface area (Å²) in [5, 5.41) is 20.7. The summed E-state index contributed by atoms with van der Waals surface area (Å²) >= 11 is 0. The molecule has 2 atom stereocenters. The van der Waals surface area contributed by atoms with Gasteiger partial charge in [-0.15, -0.1) is 0 Å². The van der Waals surface area contributed by atoms with E-state index in [1.54, 1.807) is 6.92 Å².